The van der Waals surface area contributed by atoms with Gasteiger partial charge >= 0.3 is 0 Å². The standard InChI is InChI=1S/C16H20Cl2N2S/c1-3-7-19-10-15-14(4-2)20-16(21-15)9-11-5-6-12(17)13(18)8-11/h5-6,8,19H,3-4,7,9-10H2,1-2H3. The minimum Gasteiger partial charge on any atom is -0.312 e. The van der Waals surface area contributed by atoms with Gasteiger partial charge < -0.3 is 5.32 Å². The summed E-state index contributed by atoms with van der Waals surface area (Å²) in [5.74, 6) is 0. The van der Waals surface area contributed by atoms with Crippen LogP contribution in [0, 0.1) is 0 Å². The summed E-state index contributed by atoms with van der Waals surface area (Å²) in [6.07, 6.45) is 2.93. The molecule has 0 bridgehead atoms. The zero-order chi connectivity index (χ0) is 15.2. The van der Waals surface area contributed by atoms with E-state index in [1.54, 1.807) is 11.3 Å². The number of halogens is 2. The van der Waals surface area contributed by atoms with E-state index in [4.69, 9.17) is 28.2 Å². The Morgan fingerprint density at radius 2 is 2.00 bits per heavy atom. The highest BCUT2D eigenvalue weighted by atomic mass is 35.5. The van der Waals surface area contributed by atoms with Crippen molar-refractivity contribution in [3.63, 3.8) is 0 Å². The van der Waals surface area contributed by atoms with E-state index in [-0.39, 0.29) is 0 Å². The van der Waals surface area contributed by atoms with E-state index in [1.165, 1.54) is 10.6 Å². The molecule has 1 N–H and O–H groups in total. The van der Waals surface area contributed by atoms with Gasteiger partial charge in [0.1, 0.15) is 0 Å². The summed E-state index contributed by atoms with van der Waals surface area (Å²) in [5, 5.41) is 5.79. The number of aryl methyl sites for hydroxylation is 1. The van der Waals surface area contributed by atoms with Gasteiger partial charge in [0.25, 0.3) is 0 Å². The molecular formula is C16H20Cl2N2S. The lowest BCUT2D eigenvalue weighted by atomic mass is 10.1. The summed E-state index contributed by atoms with van der Waals surface area (Å²) < 4.78 is 0. The summed E-state index contributed by atoms with van der Waals surface area (Å²) in [4.78, 5) is 6.11. The molecule has 0 atom stereocenters. The van der Waals surface area contributed by atoms with Crippen molar-refractivity contribution in [3.8, 4) is 0 Å². The number of aromatic nitrogens is 1. The monoisotopic (exact) mass is 342 g/mol. The molecule has 0 aliphatic carbocycles. The molecule has 0 amide bonds. The van der Waals surface area contributed by atoms with Crippen LogP contribution in [0.15, 0.2) is 18.2 Å². The molecule has 1 aromatic heterocycles. The van der Waals surface area contributed by atoms with Gasteiger partial charge in [-0.25, -0.2) is 4.98 Å². The van der Waals surface area contributed by atoms with Crippen LogP contribution in [0.5, 0.6) is 0 Å². The Morgan fingerprint density at radius 3 is 2.67 bits per heavy atom. The molecule has 0 aliphatic heterocycles. The number of nitrogens with zero attached hydrogens (tertiary/aromatic N) is 1. The summed E-state index contributed by atoms with van der Waals surface area (Å²) in [6, 6.07) is 5.78. The summed E-state index contributed by atoms with van der Waals surface area (Å²) in [6.45, 7) is 6.29. The van der Waals surface area contributed by atoms with E-state index < -0.39 is 0 Å². The molecule has 2 nitrogen and oxygen atoms in total. The normalized spacial score (nSPS) is 11.0. The fourth-order valence-corrected chi connectivity index (χ4v) is 3.61. The minimum absolute atomic E-state index is 0.596. The SMILES string of the molecule is CCCNCc1sc(Cc2ccc(Cl)c(Cl)c2)nc1CC. The number of thiazole rings is 1. The molecule has 2 rings (SSSR count). The molecule has 21 heavy (non-hydrogen) atoms. The van der Waals surface area contributed by atoms with E-state index in [1.807, 2.05) is 18.2 Å². The zero-order valence-electron chi connectivity index (χ0n) is 12.4. The highest BCUT2D eigenvalue weighted by molar-refractivity contribution is 7.11. The van der Waals surface area contributed by atoms with Crippen molar-refractivity contribution in [2.75, 3.05) is 6.54 Å². The third kappa shape index (κ3) is 4.68. The van der Waals surface area contributed by atoms with Crippen LogP contribution in [0.1, 0.15) is 41.4 Å². The molecule has 114 valence electrons. The Kier molecular flexibility index (Phi) is 6.49. The van der Waals surface area contributed by atoms with Crippen LogP contribution in [0.2, 0.25) is 10.0 Å². The number of rotatable bonds is 7. The van der Waals surface area contributed by atoms with Gasteiger partial charge in [-0.3, -0.25) is 0 Å². The van der Waals surface area contributed by atoms with Crippen LogP contribution in [0.4, 0.5) is 0 Å². The topological polar surface area (TPSA) is 24.9 Å². The predicted molar refractivity (Wildman–Crippen MR) is 92.8 cm³/mol. The molecule has 0 radical (unpaired) electrons. The fraction of sp³-hybridized carbons (Fsp3) is 0.438. The lowest BCUT2D eigenvalue weighted by Crippen LogP contribution is -2.13. The van der Waals surface area contributed by atoms with E-state index >= 15 is 0 Å². The molecule has 0 unspecified atom stereocenters. The molecule has 0 aliphatic rings. The van der Waals surface area contributed by atoms with Crippen LogP contribution >= 0.6 is 34.5 Å². The maximum absolute atomic E-state index is 6.07. The number of hydrogen-bond acceptors (Lipinski definition) is 3. The van der Waals surface area contributed by atoms with E-state index in [2.05, 4.69) is 19.2 Å². The Bertz CT molecular complexity index is 596. The van der Waals surface area contributed by atoms with Gasteiger partial charge in [0.2, 0.25) is 0 Å². The van der Waals surface area contributed by atoms with Crippen LogP contribution < -0.4 is 5.32 Å². The number of hydrogen-bond donors (Lipinski definition) is 1. The van der Waals surface area contributed by atoms with Gasteiger partial charge in [-0.05, 0) is 37.1 Å². The van der Waals surface area contributed by atoms with Crippen molar-refractivity contribution < 1.29 is 0 Å². The first-order chi connectivity index (χ1) is 10.1. The molecule has 5 heteroatoms. The van der Waals surface area contributed by atoms with Crippen LogP contribution in [-0.4, -0.2) is 11.5 Å². The van der Waals surface area contributed by atoms with Crippen molar-refractivity contribution in [2.45, 2.75) is 39.7 Å². The lowest BCUT2D eigenvalue weighted by molar-refractivity contribution is 0.676. The van der Waals surface area contributed by atoms with Crippen LogP contribution in [-0.2, 0) is 19.4 Å². The first kappa shape index (κ1) is 16.8. The highest BCUT2D eigenvalue weighted by Crippen LogP contribution is 2.26. The van der Waals surface area contributed by atoms with Gasteiger partial charge in [-0.1, -0.05) is 43.1 Å². The number of benzene rings is 1. The van der Waals surface area contributed by atoms with Gasteiger partial charge in [0, 0.05) is 17.8 Å². The molecule has 2 aromatic rings. The molecule has 1 aromatic carbocycles. The van der Waals surface area contributed by atoms with Gasteiger partial charge in [0.15, 0.2) is 0 Å². The third-order valence-electron chi connectivity index (χ3n) is 3.21. The quantitative estimate of drug-likeness (QED) is 0.707. The molecule has 0 saturated carbocycles. The van der Waals surface area contributed by atoms with Gasteiger partial charge in [-0.2, -0.15) is 0 Å². The van der Waals surface area contributed by atoms with Crippen LogP contribution in [0.25, 0.3) is 0 Å². The minimum atomic E-state index is 0.596. The molecule has 0 spiro atoms. The molecular weight excluding hydrogens is 323 g/mol. The molecule has 1 heterocycles. The third-order valence-corrected chi connectivity index (χ3v) is 5.05. The van der Waals surface area contributed by atoms with E-state index in [0.717, 1.165) is 42.9 Å². The summed E-state index contributed by atoms with van der Waals surface area (Å²) in [7, 11) is 0. The second-order valence-corrected chi connectivity index (χ2v) is 6.92. The van der Waals surface area contributed by atoms with Crippen molar-refractivity contribution in [1.82, 2.24) is 10.3 Å². The van der Waals surface area contributed by atoms with Crippen molar-refractivity contribution >= 4 is 34.5 Å². The van der Waals surface area contributed by atoms with E-state index in [9.17, 15) is 0 Å². The second kappa shape index (κ2) is 8.14. The lowest BCUT2D eigenvalue weighted by Gasteiger charge is -2.01. The molecule has 0 fully saturated rings. The van der Waals surface area contributed by atoms with Crippen LogP contribution in [0.3, 0.4) is 0 Å². The predicted octanol–water partition coefficient (Wildman–Crippen LogP) is 5.10. The summed E-state index contributed by atoms with van der Waals surface area (Å²) >= 11 is 13.8. The van der Waals surface area contributed by atoms with Gasteiger partial charge in [0.05, 0.1) is 20.7 Å². The maximum Gasteiger partial charge on any atom is 0.0975 e. The number of nitrogens with one attached hydrogen (secondary N) is 1. The Hall–Kier alpha value is -0.610. The van der Waals surface area contributed by atoms with Crippen molar-refractivity contribution in [2.24, 2.45) is 0 Å². The van der Waals surface area contributed by atoms with Crippen molar-refractivity contribution in [3.05, 3.63) is 49.4 Å². The highest BCUT2D eigenvalue weighted by Gasteiger charge is 2.10. The largest absolute Gasteiger partial charge is 0.312 e. The first-order valence-corrected chi connectivity index (χ1v) is 8.83. The Balaban J connectivity index is 2.10. The smallest absolute Gasteiger partial charge is 0.0975 e. The maximum atomic E-state index is 6.07. The first-order valence-electron chi connectivity index (χ1n) is 7.26. The Morgan fingerprint density at radius 1 is 1.19 bits per heavy atom. The average Bonchev–Trinajstić information content (AvgIpc) is 2.85. The van der Waals surface area contributed by atoms with Crippen molar-refractivity contribution in [1.29, 1.82) is 0 Å². The zero-order valence-corrected chi connectivity index (χ0v) is 14.7. The fourth-order valence-electron chi connectivity index (χ4n) is 2.13. The van der Waals surface area contributed by atoms with E-state index in [0.29, 0.717) is 10.0 Å². The Labute approximate surface area is 140 Å². The molecule has 0 saturated heterocycles. The van der Waals surface area contributed by atoms with Gasteiger partial charge in [-0.15, -0.1) is 11.3 Å². The average molecular weight is 343 g/mol. The second-order valence-electron chi connectivity index (χ2n) is 4.93. The summed E-state index contributed by atoms with van der Waals surface area (Å²) in [5.41, 5.74) is 2.35.